The number of carbonyl (C=O) groups excluding carboxylic acids is 1. The second-order valence-corrected chi connectivity index (χ2v) is 7.31. The minimum Gasteiger partial charge on any atom is -0.399 e. The lowest BCUT2D eigenvalue weighted by Gasteiger charge is -2.18. The van der Waals surface area contributed by atoms with Crippen molar-refractivity contribution in [3.05, 3.63) is 102 Å². The molecule has 154 valence electrons. The van der Waals surface area contributed by atoms with Crippen molar-refractivity contribution in [3.63, 3.8) is 0 Å². The van der Waals surface area contributed by atoms with Crippen LogP contribution in [0.15, 0.2) is 101 Å². The molecule has 31 heavy (non-hydrogen) atoms. The Bertz CT molecular complexity index is 1190. The molecule has 6 N–H and O–H groups in total. The monoisotopic (exact) mass is 409 g/mol. The molecule has 1 aliphatic rings. The lowest BCUT2D eigenvalue weighted by Crippen LogP contribution is -2.22. The fourth-order valence-electron chi connectivity index (χ4n) is 3.06. The smallest absolute Gasteiger partial charge is 0.204 e. The summed E-state index contributed by atoms with van der Waals surface area (Å²) >= 11 is 0. The molecular formula is C25H23N5O. The van der Waals surface area contributed by atoms with E-state index in [0.29, 0.717) is 28.5 Å². The highest BCUT2D eigenvalue weighted by Gasteiger charge is 2.19. The molecule has 0 amide bonds. The van der Waals surface area contributed by atoms with Crippen molar-refractivity contribution in [1.29, 1.82) is 0 Å². The maximum atomic E-state index is 12.8. The van der Waals surface area contributed by atoms with Crippen LogP contribution in [0.3, 0.4) is 0 Å². The quantitative estimate of drug-likeness (QED) is 0.358. The molecule has 4 rings (SSSR count). The third-order valence-electron chi connectivity index (χ3n) is 4.76. The molecule has 6 heteroatoms. The van der Waals surface area contributed by atoms with E-state index in [2.05, 4.69) is 10.6 Å². The summed E-state index contributed by atoms with van der Waals surface area (Å²) < 4.78 is 0. The molecule has 0 bridgehead atoms. The van der Waals surface area contributed by atoms with Crippen LogP contribution in [0.2, 0.25) is 0 Å². The van der Waals surface area contributed by atoms with Gasteiger partial charge in [0, 0.05) is 28.8 Å². The summed E-state index contributed by atoms with van der Waals surface area (Å²) in [7, 11) is 0. The summed E-state index contributed by atoms with van der Waals surface area (Å²) in [5.41, 5.74) is 18.1. The normalized spacial score (nSPS) is 14.7. The van der Waals surface area contributed by atoms with Gasteiger partial charge in [0.25, 0.3) is 0 Å². The van der Waals surface area contributed by atoms with E-state index in [1.54, 1.807) is 36.4 Å². The first-order valence-electron chi connectivity index (χ1n) is 9.85. The molecule has 0 atom stereocenters. The highest BCUT2D eigenvalue weighted by Crippen LogP contribution is 2.23. The number of hydrogen-bond donors (Lipinski definition) is 4. The Morgan fingerprint density at radius 3 is 1.81 bits per heavy atom. The molecule has 0 aromatic heterocycles. The number of aliphatic imine (C=N–C) groups is 1. The Balaban J connectivity index is 1.68. The van der Waals surface area contributed by atoms with Gasteiger partial charge in [0.15, 0.2) is 0 Å². The zero-order valence-electron chi connectivity index (χ0n) is 17.1. The highest BCUT2D eigenvalue weighted by atomic mass is 16.1. The zero-order valence-corrected chi connectivity index (χ0v) is 17.1. The first kappa shape index (κ1) is 20.0. The summed E-state index contributed by atoms with van der Waals surface area (Å²) in [6, 6.07) is 22.4. The van der Waals surface area contributed by atoms with Crippen LogP contribution in [0.5, 0.6) is 0 Å². The Kier molecular flexibility index (Phi) is 5.53. The minimum atomic E-state index is -0.150. The van der Waals surface area contributed by atoms with Gasteiger partial charge in [-0.3, -0.25) is 4.79 Å². The van der Waals surface area contributed by atoms with Crippen LogP contribution in [0.25, 0.3) is 0 Å². The van der Waals surface area contributed by atoms with Crippen molar-refractivity contribution in [1.82, 2.24) is 0 Å². The molecule has 1 aliphatic carbocycles. The molecule has 0 unspecified atom stereocenters. The fourth-order valence-corrected chi connectivity index (χ4v) is 3.06. The Hall–Kier alpha value is -4.32. The van der Waals surface area contributed by atoms with E-state index in [0.717, 1.165) is 22.6 Å². The van der Waals surface area contributed by atoms with Crippen molar-refractivity contribution in [2.45, 2.75) is 6.92 Å². The largest absolute Gasteiger partial charge is 0.399 e. The number of anilines is 4. The van der Waals surface area contributed by atoms with Gasteiger partial charge in [-0.25, -0.2) is 4.99 Å². The van der Waals surface area contributed by atoms with Crippen molar-refractivity contribution in [2.75, 3.05) is 22.1 Å². The number of ketones is 1. The van der Waals surface area contributed by atoms with Crippen molar-refractivity contribution in [3.8, 4) is 0 Å². The van der Waals surface area contributed by atoms with Gasteiger partial charge in [-0.05, 0) is 73.7 Å². The standard InChI is InChI=1S/C25H23N5O/c1-16-2-8-19(9-3-16)29-23-15-25(31)24(30-21-12-6-18(27)7-13-21)14-22(23)28-20-10-4-17(26)5-11-20/h2-15,29-30H,26-27H2,1H3. The van der Waals surface area contributed by atoms with E-state index in [1.165, 1.54) is 0 Å². The highest BCUT2D eigenvalue weighted by molar-refractivity contribution is 6.24. The molecular weight excluding hydrogens is 386 g/mol. The number of nitrogens with two attached hydrogens (primary N) is 2. The number of rotatable bonds is 5. The van der Waals surface area contributed by atoms with Gasteiger partial charge in [0.2, 0.25) is 5.78 Å². The van der Waals surface area contributed by atoms with E-state index in [-0.39, 0.29) is 5.78 Å². The van der Waals surface area contributed by atoms with E-state index < -0.39 is 0 Å². The molecule has 0 saturated carbocycles. The minimum absolute atomic E-state index is 0.150. The van der Waals surface area contributed by atoms with Crippen LogP contribution in [0, 0.1) is 6.92 Å². The summed E-state index contributed by atoms with van der Waals surface area (Å²) in [5.74, 6) is -0.150. The first-order valence-corrected chi connectivity index (χ1v) is 9.85. The predicted octanol–water partition coefficient (Wildman–Crippen LogP) is 4.81. The van der Waals surface area contributed by atoms with Crippen molar-refractivity contribution in [2.24, 2.45) is 4.99 Å². The molecule has 0 heterocycles. The number of hydrogen-bond acceptors (Lipinski definition) is 6. The van der Waals surface area contributed by atoms with Crippen LogP contribution in [0.1, 0.15) is 5.56 Å². The molecule has 0 aliphatic heterocycles. The number of nitrogens with one attached hydrogen (secondary N) is 2. The topological polar surface area (TPSA) is 106 Å². The van der Waals surface area contributed by atoms with Crippen molar-refractivity contribution < 1.29 is 4.79 Å². The maximum absolute atomic E-state index is 12.8. The van der Waals surface area contributed by atoms with E-state index in [9.17, 15) is 4.79 Å². The SMILES string of the molecule is Cc1ccc(NC2=CC(=O)C(Nc3ccc(N)cc3)=CC2=Nc2ccc(N)cc2)cc1. The van der Waals surface area contributed by atoms with E-state index in [1.807, 2.05) is 55.5 Å². The fraction of sp³-hybridized carbons (Fsp3) is 0.0400. The number of nitrogens with zero attached hydrogens (tertiary/aromatic N) is 1. The average Bonchev–Trinajstić information content (AvgIpc) is 2.76. The Labute approximate surface area is 181 Å². The van der Waals surface area contributed by atoms with Crippen molar-refractivity contribution >= 4 is 39.9 Å². The molecule has 0 radical (unpaired) electrons. The van der Waals surface area contributed by atoms with Crippen LogP contribution in [-0.2, 0) is 4.79 Å². The number of benzene rings is 3. The van der Waals surface area contributed by atoms with Crippen LogP contribution in [-0.4, -0.2) is 11.5 Å². The molecule has 0 fully saturated rings. The second kappa shape index (κ2) is 8.59. The van der Waals surface area contributed by atoms with Gasteiger partial charge in [-0.2, -0.15) is 0 Å². The number of allylic oxidation sites excluding steroid dienone is 2. The van der Waals surface area contributed by atoms with Gasteiger partial charge in [0.05, 0.1) is 22.8 Å². The Morgan fingerprint density at radius 1 is 0.677 bits per heavy atom. The zero-order chi connectivity index (χ0) is 21.8. The average molecular weight is 409 g/mol. The van der Waals surface area contributed by atoms with Gasteiger partial charge in [-0.15, -0.1) is 0 Å². The van der Waals surface area contributed by atoms with E-state index in [4.69, 9.17) is 16.5 Å². The molecule has 3 aromatic rings. The summed E-state index contributed by atoms with van der Waals surface area (Å²) in [5, 5.41) is 6.47. The lowest BCUT2D eigenvalue weighted by molar-refractivity contribution is -0.111. The third kappa shape index (κ3) is 5.00. The molecule has 0 saturated heterocycles. The van der Waals surface area contributed by atoms with Gasteiger partial charge in [0.1, 0.15) is 0 Å². The number of carbonyl (C=O) groups is 1. The van der Waals surface area contributed by atoms with Crippen LogP contribution >= 0.6 is 0 Å². The molecule has 3 aromatic carbocycles. The van der Waals surface area contributed by atoms with Gasteiger partial charge >= 0.3 is 0 Å². The lowest BCUT2D eigenvalue weighted by atomic mass is 10.0. The summed E-state index contributed by atoms with van der Waals surface area (Å²) in [4.78, 5) is 17.6. The maximum Gasteiger partial charge on any atom is 0.204 e. The van der Waals surface area contributed by atoms with Crippen LogP contribution < -0.4 is 22.1 Å². The number of nitrogen functional groups attached to an aromatic ring is 2. The number of aryl methyl sites for hydroxylation is 1. The second-order valence-electron chi connectivity index (χ2n) is 7.31. The summed E-state index contributed by atoms with van der Waals surface area (Å²) in [6.45, 7) is 2.03. The predicted molar refractivity (Wildman–Crippen MR) is 128 cm³/mol. The van der Waals surface area contributed by atoms with Gasteiger partial charge in [-0.1, -0.05) is 17.7 Å². The third-order valence-corrected chi connectivity index (χ3v) is 4.76. The summed E-state index contributed by atoms with van der Waals surface area (Å²) in [6.07, 6.45) is 3.29. The molecule has 0 spiro atoms. The first-order chi connectivity index (χ1) is 15.0. The van der Waals surface area contributed by atoms with Crippen LogP contribution in [0.4, 0.5) is 28.4 Å². The van der Waals surface area contributed by atoms with E-state index >= 15 is 0 Å². The Morgan fingerprint density at radius 2 is 1.19 bits per heavy atom. The van der Waals surface area contributed by atoms with Gasteiger partial charge < -0.3 is 22.1 Å². The molecule has 6 nitrogen and oxygen atoms in total.